The van der Waals surface area contributed by atoms with Gasteiger partial charge in [-0.3, -0.25) is 0 Å². The highest BCUT2D eigenvalue weighted by molar-refractivity contribution is 7.88. The minimum atomic E-state index is -7.41. The van der Waals surface area contributed by atoms with Crippen molar-refractivity contribution in [2.24, 2.45) is 0 Å². The fraction of sp³-hybridized carbons (Fsp3) is 0.114. The molecule has 1 aromatic heterocycles. The molecule has 6 rings (SSSR count). The number of hydrogen-bond acceptors (Lipinski definition) is 6. The Kier molecular flexibility index (Phi) is 8.78. The van der Waals surface area contributed by atoms with Gasteiger partial charge in [-0.1, -0.05) is 103 Å². The zero-order valence-corrected chi connectivity index (χ0v) is 26.2. The van der Waals surface area contributed by atoms with Crippen molar-refractivity contribution in [1.82, 2.24) is 15.0 Å². The predicted octanol–water partition coefficient (Wildman–Crippen LogP) is 9.83. The minimum Gasteiger partial charge on any atom is -0.378 e. The zero-order chi connectivity index (χ0) is 36.8. The molecule has 0 aliphatic carbocycles. The van der Waals surface area contributed by atoms with E-state index in [9.17, 15) is 47.9 Å². The van der Waals surface area contributed by atoms with Gasteiger partial charge in [-0.05, 0) is 40.1 Å². The van der Waals surface area contributed by atoms with E-state index in [0.717, 1.165) is 29.3 Å². The van der Waals surface area contributed by atoms with E-state index in [4.69, 9.17) is 0 Å². The fourth-order valence-corrected chi connectivity index (χ4v) is 5.81. The first-order valence-corrected chi connectivity index (χ1v) is 16.0. The summed E-state index contributed by atoms with van der Waals surface area (Å²) >= 11 is 0. The van der Waals surface area contributed by atoms with Crippen molar-refractivity contribution < 1.29 is 52.1 Å². The molecule has 0 fully saturated rings. The summed E-state index contributed by atoms with van der Waals surface area (Å²) in [5.74, 6) is -14.5. The Morgan fingerprint density at radius 1 is 0.451 bits per heavy atom. The van der Waals surface area contributed by atoms with Crippen LogP contribution in [0.1, 0.15) is 0 Å². The summed E-state index contributed by atoms with van der Waals surface area (Å²) in [6, 6.07) is 33.0. The molecule has 6 aromatic rings. The molecule has 262 valence electrons. The van der Waals surface area contributed by atoms with Crippen molar-refractivity contribution in [2.45, 2.75) is 23.3 Å². The molecule has 6 nitrogen and oxygen atoms in total. The Bertz CT molecular complexity index is 2270. The number of alkyl halides is 9. The zero-order valence-electron chi connectivity index (χ0n) is 25.4. The monoisotopic (exact) mass is 733 g/mol. The normalized spacial score (nSPS) is 13.0. The molecule has 51 heavy (non-hydrogen) atoms. The lowest BCUT2D eigenvalue weighted by molar-refractivity contribution is -0.382. The van der Waals surface area contributed by atoms with Crippen molar-refractivity contribution in [3.05, 3.63) is 121 Å². The Balaban J connectivity index is 1.26. The van der Waals surface area contributed by atoms with Gasteiger partial charge in [-0.2, -0.15) is 47.9 Å². The summed E-state index contributed by atoms with van der Waals surface area (Å²) in [6.45, 7) is 0. The topological polar surface area (TPSA) is 82.0 Å². The largest absolute Gasteiger partial charge is 0.460 e. The second kappa shape index (κ2) is 12.7. The number of benzene rings is 5. The van der Waals surface area contributed by atoms with Gasteiger partial charge in [0.2, 0.25) is 0 Å². The number of fused-ring (bicyclic) bond motifs is 1. The molecule has 0 unspecified atom stereocenters. The highest BCUT2D eigenvalue weighted by Gasteiger charge is 2.86. The SMILES string of the molecule is O=S(=O)(Oc1ccc2cc(-c3ccc(-c4nc(-c5ccccc5)nc(-c5ccccc5)n4)cc3)ccc2c1)C(F)(F)C(F)(F)C(F)(F)C(F)(F)F. The number of hydrogen-bond donors (Lipinski definition) is 0. The molecule has 5 aromatic carbocycles. The van der Waals surface area contributed by atoms with Gasteiger partial charge in [0.25, 0.3) is 0 Å². The lowest BCUT2D eigenvalue weighted by Gasteiger charge is -2.32. The second-order valence-electron chi connectivity index (χ2n) is 11.0. The smallest absolute Gasteiger partial charge is 0.378 e. The van der Waals surface area contributed by atoms with Crippen molar-refractivity contribution >= 4 is 20.9 Å². The molecule has 0 amide bonds. The molecule has 16 heteroatoms. The Morgan fingerprint density at radius 3 is 1.35 bits per heavy atom. The van der Waals surface area contributed by atoms with Crippen molar-refractivity contribution in [1.29, 1.82) is 0 Å². The van der Waals surface area contributed by atoms with Crippen molar-refractivity contribution in [2.75, 3.05) is 0 Å². The molecule has 0 aliphatic rings. The van der Waals surface area contributed by atoms with Crippen molar-refractivity contribution in [3.63, 3.8) is 0 Å². The van der Waals surface area contributed by atoms with E-state index < -0.39 is 39.1 Å². The van der Waals surface area contributed by atoms with Gasteiger partial charge in [0.1, 0.15) is 5.75 Å². The molecule has 0 radical (unpaired) electrons. The van der Waals surface area contributed by atoms with Crippen LogP contribution in [0.2, 0.25) is 0 Å². The van der Waals surface area contributed by atoms with E-state index in [1.807, 2.05) is 60.7 Å². The third-order valence-electron chi connectivity index (χ3n) is 7.62. The first-order valence-electron chi connectivity index (χ1n) is 14.6. The third-order valence-corrected chi connectivity index (χ3v) is 8.92. The molecule has 0 atom stereocenters. The number of aromatic nitrogens is 3. The maximum absolute atomic E-state index is 14.1. The number of rotatable bonds is 9. The lowest BCUT2D eigenvalue weighted by atomic mass is 10.00. The summed E-state index contributed by atoms with van der Waals surface area (Å²) in [4.78, 5) is 14.0. The summed E-state index contributed by atoms with van der Waals surface area (Å²) in [6.07, 6.45) is -7.19. The maximum atomic E-state index is 14.1. The van der Waals surface area contributed by atoms with Crippen LogP contribution < -0.4 is 4.18 Å². The Morgan fingerprint density at radius 2 is 0.863 bits per heavy atom. The molecular weight excluding hydrogens is 713 g/mol. The Hall–Kier alpha value is -5.51. The summed E-state index contributed by atoms with van der Waals surface area (Å²) in [7, 11) is -7.08. The van der Waals surface area contributed by atoms with Crippen LogP contribution in [-0.2, 0) is 10.1 Å². The maximum Gasteiger partial charge on any atom is 0.460 e. The molecule has 0 saturated heterocycles. The van der Waals surface area contributed by atoms with Crippen LogP contribution in [0, 0.1) is 0 Å². The highest BCUT2D eigenvalue weighted by Crippen LogP contribution is 2.55. The van der Waals surface area contributed by atoms with E-state index in [1.54, 1.807) is 36.4 Å². The average molecular weight is 734 g/mol. The lowest BCUT2D eigenvalue weighted by Crippen LogP contribution is -2.63. The van der Waals surface area contributed by atoms with E-state index in [1.165, 1.54) is 6.07 Å². The first kappa shape index (κ1) is 35.3. The van der Waals surface area contributed by atoms with Gasteiger partial charge in [-0.25, -0.2) is 15.0 Å². The van der Waals surface area contributed by atoms with Crippen LogP contribution in [0.5, 0.6) is 5.75 Å². The quantitative estimate of drug-likeness (QED) is 0.109. The van der Waals surface area contributed by atoms with Gasteiger partial charge in [0, 0.05) is 16.7 Å². The van der Waals surface area contributed by atoms with Gasteiger partial charge >= 0.3 is 33.4 Å². The number of nitrogens with zero attached hydrogens (tertiary/aromatic N) is 3. The molecule has 0 saturated carbocycles. The van der Waals surface area contributed by atoms with Crippen LogP contribution in [0.15, 0.2) is 121 Å². The van der Waals surface area contributed by atoms with E-state index in [0.29, 0.717) is 39.5 Å². The third kappa shape index (κ3) is 6.46. The summed E-state index contributed by atoms with van der Waals surface area (Å²) < 4.78 is 147. The van der Waals surface area contributed by atoms with Crippen LogP contribution in [0.4, 0.5) is 39.5 Å². The standard InChI is InChI=1S/C35H20F9N3O3S/c36-32(37,34(40,41)42)33(38,39)35(43,44)51(48,49)50-28-18-17-26-19-25(15-16-27(26)20-28)21-11-13-24(14-12-21)31-46-29(22-7-3-1-4-8-22)45-30(47-31)23-9-5-2-6-10-23/h1-20H. The number of halogens is 9. The van der Waals surface area contributed by atoms with Crippen LogP contribution >= 0.6 is 0 Å². The van der Waals surface area contributed by atoms with E-state index in [-0.39, 0.29) is 5.39 Å². The van der Waals surface area contributed by atoms with E-state index in [2.05, 4.69) is 19.1 Å². The van der Waals surface area contributed by atoms with Crippen LogP contribution in [0.25, 0.3) is 56.1 Å². The van der Waals surface area contributed by atoms with Crippen LogP contribution in [-0.4, -0.2) is 46.6 Å². The van der Waals surface area contributed by atoms with Gasteiger partial charge in [-0.15, -0.1) is 0 Å². The molecule has 1 heterocycles. The van der Waals surface area contributed by atoms with Gasteiger partial charge < -0.3 is 4.18 Å². The van der Waals surface area contributed by atoms with Gasteiger partial charge in [0.15, 0.2) is 17.5 Å². The fourth-order valence-electron chi connectivity index (χ4n) is 4.90. The average Bonchev–Trinajstić information content (AvgIpc) is 3.11. The minimum absolute atomic E-state index is 0.130. The first-order chi connectivity index (χ1) is 23.9. The summed E-state index contributed by atoms with van der Waals surface area (Å²) in [5, 5.41) is -6.47. The predicted molar refractivity (Wildman–Crippen MR) is 170 cm³/mol. The van der Waals surface area contributed by atoms with Crippen molar-refractivity contribution in [3.8, 4) is 51.0 Å². The molecule has 0 N–H and O–H groups in total. The Labute approximate surface area is 283 Å². The summed E-state index contributed by atoms with van der Waals surface area (Å²) in [5.41, 5.74) is 3.55. The molecule has 0 aliphatic heterocycles. The molecular formula is C35H20F9N3O3S. The second-order valence-corrected chi connectivity index (χ2v) is 12.6. The molecule has 0 bridgehead atoms. The molecule has 0 spiro atoms. The van der Waals surface area contributed by atoms with E-state index >= 15 is 0 Å². The van der Waals surface area contributed by atoms with Gasteiger partial charge in [0.05, 0.1) is 0 Å². The highest BCUT2D eigenvalue weighted by atomic mass is 32.2. The van der Waals surface area contributed by atoms with Crippen LogP contribution in [0.3, 0.4) is 0 Å².